The van der Waals surface area contributed by atoms with Crippen LogP contribution in [0.25, 0.3) is 127 Å². The van der Waals surface area contributed by atoms with E-state index in [0.717, 1.165) is 77.2 Å². The van der Waals surface area contributed by atoms with Crippen molar-refractivity contribution in [1.29, 1.82) is 0 Å². The normalized spacial score (nSPS) is 11.8. The fourth-order valence-corrected chi connectivity index (χ4v) is 9.64. The van der Waals surface area contributed by atoms with Gasteiger partial charge in [-0.25, -0.2) is 15.0 Å². The third kappa shape index (κ3) is 5.83. The van der Waals surface area contributed by atoms with E-state index in [0.29, 0.717) is 17.5 Å². The summed E-state index contributed by atoms with van der Waals surface area (Å²) >= 11 is 0. The summed E-state index contributed by atoms with van der Waals surface area (Å²) in [5.74, 6) is 1.79. The molecule has 0 fully saturated rings. The van der Waals surface area contributed by atoms with E-state index in [9.17, 15) is 0 Å². The topological polar surface area (TPSA) is 56.7 Å². The lowest BCUT2D eigenvalue weighted by Crippen LogP contribution is -2.00. The number of rotatable bonds is 6. The predicted octanol–water partition coefficient (Wildman–Crippen LogP) is 15.5. The standard InChI is InChI=1S/C59H36N4O/c1-3-14-37(15-4-1)39-26-29-41(30-27-39)57-60-58(44-31-28-38-16-7-8-19-42(38)34-44)62-59(61-57)48-23-13-25-53-55(48)49-36-45(32-33-52(49)64-53)63-50-24-12-11-22-47(50)56-51(63)35-43-20-9-10-21-46(43)54(56)40-17-5-2-6-18-40/h1-36H. The summed E-state index contributed by atoms with van der Waals surface area (Å²) < 4.78 is 9.05. The molecule has 13 rings (SSSR count). The summed E-state index contributed by atoms with van der Waals surface area (Å²) in [6.45, 7) is 0. The van der Waals surface area contributed by atoms with Crippen molar-refractivity contribution >= 4 is 65.3 Å². The zero-order chi connectivity index (χ0) is 42.1. The smallest absolute Gasteiger partial charge is 0.164 e. The van der Waals surface area contributed by atoms with Gasteiger partial charge in [0, 0.05) is 43.9 Å². The number of fused-ring (bicyclic) bond motifs is 8. The average molecular weight is 817 g/mol. The molecule has 0 aliphatic carbocycles. The van der Waals surface area contributed by atoms with Crippen LogP contribution in [-0.4, -0.2) is 19.5 Å². The van der Waals surface area contributed by atoms with Gasteiger partial charge in [0.05, 0.1) is 11.0 Å². The van der Waals surface area contributed by atoms with E-state index in [1.807, 2.05) is 18.2 Å². The maximum Gasteiger partial charge on any atom is 0.164 e. The number of aromatic nitrogens is 4. The maximum atomic E-state index is 6.65. The van der Waals surface area contributed by atoms with Crippen molar-refractivity contribution in [2.45, 2.75) is 0 Å². The number of hydrogen-bond donors (Lipinski definition) is 0. The van der Waals surface area contributed by atoms with Crippen molar-refractivity contribution in [3.63, 3.8) is 0 Å². The Hall–Kier alpha value is -8.67. The molecular weight excluding hydrogens is 781 g/mol. The third-order valence-electron chi connectivity index (χ3n) is 12.6. The Labute approximate surface area is 368 Å². The van der Waals surface area contributed by atoms with Crippen LogP contribution in [0, 0.1) is 0 Å². The largest absolute Gasteiger partial charge is 0.456 e. The minimum Gasteiger partial charge on any atom is -0.456 e. The van der Waals surface area contributed by atoms with Gasteiger partial charge in [-0.3, -0.25) is 0 Å². The molecule has 0 aliphatic rings. The molecule has 0 bridgehead atoms. The van der Waals surface area contributed by atoms with E-state index in [4.69, 9.17) is 19.4 Å². The molecule has 0 unspecified atom stereocenters. The Morgan fingerprint density at radius 2 is 0.953 bits per heavy atom. The number of para-hydroxylation sites is 1. The lowest BCUT2D eigenvalue weighted by Gasteiger charge is -2.13. The van der Waals surface area contributed by atoms with Gasteiger partial charge in [-0.15, -0.1) is 0 Å². The van der Waals surface area contributed by atoms with Crippen molar-refractivity contribution in [1.82, 2.24) is 19.5 Å². The van der Waals surface area contributed by atoms with E-state index >= 15 is 0 Å². The molecule has 0 spiro atoms. The van der Waals surface area contributed by atoms with E-state index in [2.05, 4.69) is 205 Å². The molecule has 0 radical (unpaired) electrons. The van der Waals surface area contributed by atoms with Gasteiger partial charge in [-0.1, -0.05) is 176 Å². The molecule has 5 nitrogen and oxygen atoms in total. The minimum atomic E-state index is 0.579. The van der Waals surface area contributed by atoms with Gasteiger partial charge in [-0.2, -0.15) is 0 Å². The van der Waals surface area contributed by atoms with Crippen LogP contribution in [0.1, 0.15) is 0 Å². The second-order valence-corrected chi connectivity index (χ2v) is 16.4. The molecule has 3 heterocycles. The molecule has 13 aromatic rings. The molecule has 0 saturated heterocycles. The van der Waals surface area contributed by atoms with Gasteiger partial charge in [0.25, 0.3) is 0 Å². The summed E-state index contributed by atoms with van der Waals surface area (Å²) in [6, 6.07) is 76.9. The van der Waals surface area contributed by atoms with Gasteiger partial charge in [0.1, 0.15) is 11.2 Å². The van der Waals surface area contributed by atoms with Gasteiger partial charge in [0.15, 0.2) is 17.5 Å². The van der Waals surface area contributed by atoms with E-state index in [1.54, 1.807) is 0 Å². The Morgan fingerprint density at radius 1 is 0.328 bits per heavy atom. The zero-order valence-corrected chi connectivity index (χ0v) is 34.5. The Balaban J connectivity index is 1.03. The summed E-state index contributed by atoms with van der Waals surface area (Å²) in [7, 11) is 0. The molecule has 0 saturated carbocycles. The first kappa shape index (κ1) is 36.0. The lowest BCUT2D eigenvalue weighted by atomic mass is 9.93. The number of hydrogen-bond acceptors (Lipinski definition) is 4. The van der Waals surface area contributed by atoms with E-state index in [-0.39, 0.29) is 0 Å². The Morgan fingerprint density at radius 3 is 1.77 bits per heavy atom. The fraction of sp³-hybridized carbons (Fsp3) is 0. The van der Waals surface area contributed by atoms with Crippen molar-refractivity contribution in [3.8, 4) is 62.1 Å². The van der Waals surface area contributed by atoms with E-state index < -0.39 is 0 Å². The SMILES string of the molecule is c1ccc(-c2ccc(-c3nc(-c4ccc5ccccc5c4)nc(-c4cccc5oc6ccc(-n7c8ccccc8c8c(-c9ccccc9)c9ccccc9cc87)cc6c45)n3)cc2)cc1. The molecule has 5 heteroatoms. The molecule has 0 aliphatic heterocycles. The number of nitrogens with zero attached hydrogens (tertiary/aromatic N) is 4. The number of benzene rings is 10. The highest BCUT2D eigenvalue weighted by molar-refractivity contribution is 6.23. The Bertz CT molecular complexity index is 3940. The molecule has 64 heavy (non-hydrogen) atoms. The van der Waals surface area contributed by atoms with Crippen molar-refractivity contribution in [2.75, 3.05) is 0 Å². The van der Waals surface area contributed by atoms with Gasteiger partial charge in [0.2, 0.25) is 0 Å². The van der Waals surface area contributed by atoms with Crippen LogP contribution in [0.15, 0.2) is 223 Å². The monoisotopic (exact) mass is 816 g/mol. The first-order valence-corrected chi connectivity index (χ1v) is 21.6. The average Bonchev–Trinajstić information content (AvgIpc) is 3.91. The van der Waals surface area contributed by atoms with Gasteiger partial charge < -0.3 is 8.98 Å². The third-order valence-corrected chi connectivity index (χ3v) is 12.6. The van der Waals surface area contributed by atoms with Gasteiger partial charge >= 0.3 is 0 Å². The first-order valence-electron chi connectivity index (χ1n) is 21.6. The molecular formula is C59H36N4O. The first-order chi connectivity index (χ1) is 31.7. The van der Waals surface area contributed by atoms with Crippen molar-refractivity contribution < 1.29 is 4.42 Å². The maximum absolute atomic E-state index is 6.65. The molecule has 298 valence electrons. The predicted molar refractivity (Wildman–Crippen MR) is 264 cm³/mol. The van der Waals surface area contributed by atoms with Crippen LogP contribution in [0.4, 0.5) is 0 Å². The fourth-order valence-electron chi connectivity index (χ4n) is 9.64. The molecule has 10 aromatic carbocycles. The highest BCUT2D eigenvalue weighted by Crippen LogP contribution is 2.44. The summed E-state index contributed by atoms with van der Waals surface area (Å²) in [5.41, 5.74) is 12.3. The second-order valence-electron chi connectivity index (χ2n) is 16.4. The highest BCUT2D eigenvalue weighted by atomic mass is 16.3. The van der Waals surface area contributed by atoms with Crippen LogP contribution in [0.5, 0.6) is 0 Å². The summed E-state index contributed by atoms with van der Waals surface area (Å²) in [4.78, 5) is 15.7. The second kappa shape index (κ2) is 14.5. The van der Waals surface area contributed by atoms with Crippen LogP contribution in [0.2, 0.25) is 0 Å². The molecule has 0 atom stereocenters. The quantitative estimate of drug-likeness (QED) is 0.168. The Kier molecular flexibility index (Phi) is 8.15. The minimum absolute atomic E-state index is 0.579. The summed E-state index contributed by atoms with van der Waals surface area (Å²) in [5, 5.41) is 9.09. The van der Waals surface area contributed by atoms with Crippen LogP contribution < -0.4 is 0 Å². The van der Waals surface area contributed by atoms with E-state index in [1.165, 1.54) is 32.7 Å². The number of furan rings is 1. The highest BCUT2D eigenvalue weighted by Gasteiger charge is 2.22. The van der Waals surface area contributed by atoms with Crippen LogP contribution in [-0.2, 0) is 0 Å². The van der Waals surface area contributed by atoms with Crippen LogP contribution in [0.3, 0.4) is 0 Å². The van der Waals surface area contributed by atoms with Gasteiger partial charge in [-0.05, 0) is 86.3 Å². The summed E-state index contributed by atoms with van der Waals surface area (Å²) in [6.07, 6.45) is 0. The molecule has 3 aromatic heterocycles. The zero-order valence-electron chi connectivity index (χ0n) is 34.5. The van der Waals surface area contributed by atoms with Crippen LogP contribution >= 0.6 is 0 Å². The molecule has 0 amide bonds. The molecule has 0 N–H and O–H groups in total. The van der Waals surface area contributed by atoms with Crippen molar-refractivity contribution in [3.05, 3.63) is 218 Å². The lowest BCUT2D eigenvalue weighted by molar-refractivity contribution is 0.669. The van der Waals surface area contributed by atoms with Crippen molar-refractivity contribution in [2.24, 2.45) is 0 Å².